The van der Waals surface area contributed by atoms with E-state index in [0.717, 1.165) is 11.1 Å². The van der Waals surface area contributed by atoms with E-state index in [1.165, 1.54) is 0 Å². The van der Waals surface area contributed by atoms with Crippen molar-refractivity contribution in [3.63, 3.8) is 0 Å². The van der Waals surface area contributed by atoms with Crippen molar-refractivity contribution in [2.75, 3.05) is 6.61 Å². The fourth-order valence-corrected chi connectivity index (χ4v) is 1.99. The van der Waals surface area contributed by atoms with Gasteiger partial charge in [0, 0.05) is 31.3 Å². The molecular weight excluding hydrogens is 256 g/mol. The lowest BCUT2D eigenvalue weighted by molar-refractivity contribution is -0.150. The van der Waals surface area contributed by atoms with Gasteiger partial charge in [-0.15, -0.1) is 0 Å². The molecule has 106 valence electrons. The van der Waals surface area contributed by atoms with Gasteiger partial charge in [0.05, 0.1) is 6.20 Å². The van der Waals surface area contributed by atoms with Crippen LogP contribution >= 0.6 is 0 Å². The van der Waals surface area contributed by atoms with Gasteiger partial charge >= 0.3 is 5.97 Å². The largest absolute Gasteiger partial charge is 0.479 e. The van der Waals surface area contributed by atoms with E-state index in [-0.39, 0.29) is 0 Å². The normalized spacial score (nSPS) is 12.2. The SMILES string of the molecule is CCOC(CCn1cc(-c2ccccc2)cn1)C(=O)O. The minimum atomic E-state index is -0.928. The summed E-state index contributed by atoms with van der Waals surface area (Å²) in [5.74, 6) is -0.928. The summed E-state index contributed by atoms with van der Waals surface area (Å²) >= 11 is 0. The lowest BCUT2D eigenvalue weighted by Gasteiger charge is -2.11. The topological polar surface area (TPSA) is 64.4 Å². The van der Waals surface area contributed by atoms with Crippen LogP contribution in [0, 0.1) is 0 Å². The summed E-state index contributed by atoms with van der Waals surface area (Å²) in [7, 11) is 0. The van der Waals surface area contributed by atoms with Crippen LogP contribution in [0.2, 0.25) is 0 Å². The number of hydrogen-bond donors (Lipinski definition) is 1. The molecule has 0 aliphatic rings. The summed E-state index contributed by atoms with van der Waals surface area (Å²) in [6, 6.07) is 9.95. The van der Waals surface area contributed by atoms with Crippen LogP contribution in [-0.2, 0) is 16.1 Å². The Hall–Kier alpha value is -2.14. The first-order valence-electron chi connectivity index (χ1n) is 6.63. The third kappa shape index (κ3) is 3.68. The fraction of sp³-hybridized carbons (Fsp3) is 0.333. The second-order valence-corrected chi connectivity index (χ2v) is 4.43. The maximum Gasteiger partial charge on any atom is 0.332 e. The Morgan fingerprint density at radius 3 is 2.75 bits per heavy atom. The second-order valence-electron chi connectivity index (χ2n) is 4.43. The highest BCUT2D eigenvalue weighted by Gasteiger charge is 2.17. The third-order valence-corrected chi connectivity index (χ3v) is 3.00. The van der Waals surface area contributed by atoms with Gasteiger partial charge in [0.25, 0.3) is 0 Å². The molecule has 1 unspecified atom stereocenters. The van der Waals surface area contributed by atoms with Gasteiger partial charge in [0.2, 0.25) is 0 Å². The highest BCUT2D eigenvalue weighted by atomic mass is 16.5. The molecule has 0 aliphatic carbocycles. The van der Waals surface area contributed by atoms with Crippen molar-refractivity contribution in [3.05, 3.63) is 42.7 Å². The molecule has 1 aromatic carbocycles. The summed E-state index contributed by atoms with van der Waals surface area (Å²) < 4.78 is 6.92. The zero-order valence-electron chi connectivity index (χ0n) is 11.4. The van der Waals surface area contributed by atoms with Crippen LogP contribution in [0.3, 0.4) is 0 Å². The number of carboxylic acid groups (broad SMARTS) is 1. The summed E-state index contributed by atoms with van der Waals surface area (Å²) in [5, 5.41) is 13.3. The van der Waals surface area contributed by atoms with Crippen LogP contribution < -0.4 is 0 Å². The van der Waals surface area contributed by atoms with E-state index in [2.05, 4.69) is 5.10 Å². The molecule has 0 amide bonds. The number of carbonyl (C=O) groups is 1. The lowest BCUT2D eigenvalue weighted by Crippen LogP contribution is -2.25. The average molecular weight is 274 g/mol. The van der Waals surface area contributed by atoms with Crippen LogP contribution in [-0.4, -0.2) is 33.6 Å². The van der Waals surface area contributed by atoms with E-state index >= 15 is 0 Å². The van der Waals surface area contributed by atoms with E-state index in [1.54, 1.807) is 17.8 Å². The first kappa shape index (κ1) is 14.3. The molecule has 0 aliphatic heterocycles. The number of hydrogen-bond acceptors (Lipinski definition) is 3. The van der Waals surface area contributed by atoms with Crippen molar-refractivity contribution in [2.45, 2.75) is 26.0 Å². The molecule has 0 bridgehead atoms. The number of aliphatic carboxylic acids is 1. The molecule has 2 aromatic rings. The van der Waals surface area contributed by atoms with Crippen LogP contribution in [0.25, 0.3) is 11.1 Å². The fourth-order valence-electron chi connectivity index (χ4n) is 1.99. The average Bonchev–Trinajstić information content (AvgIpc) is 2.93. The molecule has 0 fully saturated rings. The number of ether oxygens (including phenoxy) is 1. The zero-order chi connectivity index (χ0) is 14.4. The molecule has 20 heavy (non-hydrogen) atoms. The number of rotatable bonds is 7. The van der Waals surface area contributed by atoms with Crippen molar-refractivity contribution in [1.82, 2.24) is 9.78 Å². The maximum atomic E-state index is 11.0. The Balaban J connectivity index is 1.98. The van der Waals surface area contributed by atoms with E-state index < -0.39 is 12.1 Å². The van der Waals surface area contributed by atoms with E-state index in [1.807, 2.05) is 36.5 Å². The molecule has 0 radical (unpaired) electrons. The Morgan fingerprint density at radius 1 is 1.35 bits per heavy atom. The molecule has 1 heterocycles. The monoisotopic (exact) mass is 274 g/mol. The predicted molar refractivity (Wildman–Crippen MR) is 75.3 cm³/mol. The van der Waals surface area contributed by atoms with Crippen molar-refractivity contribution in [3.8, 4) is 11.1 Å². The summed E-state index contributed by atoms with van der Waals surface area (Å²) in [6.07, 6.45) is 3.33. The van der Waals surface area contributed by atoms with Gasteiger partial charge in [-0.1, -0.05) is 30.3 Å². The van der Waals surface area contributed by atoms with Gasteiger partial charge in [0.15, 0.2) is 6.10 Å². The number of benzene rings is 1. The van der Waals surface area contributed by atoms with Crippen LogP contribution in [0.15, 0.2) is 42.7 Å². The predicted octanol–water partition coefficient (Wildman–Crippen LogP) is 2.43. The molecule has 0 saturated heterocycles. The van der Waals surface area contributed by atoms with E-state index in [4.69, 9.17) is 9.84 Å². The molecule has 1 aromatic heterocycles. The van der Waals surface area contributed by atoms with Crippen molar-refractivity contribution < 1.29 is 14.6 Å². The summed E-state index contributed by atoms with van der Waals surface area (Å²) in [4.78, 5) is 11.0. The molecule has 2 rings (SSSR count). The third-order valence-electron chi connectivity index (χ3n) is 3.00. The van der Waals surface area contributed by atoms with Gasteiger partial charge in [-0.25, -0.2) is 4.79 Å². The van der Waals surface area contributed by atoms with Crippen LogP contribution in [0.1, 0.15) is 13.3 Å². The smallest absolute Gasteiger partial charge is 0.332 e. The van der Waals surface area contributed by atoms with Gasteiger partial charge in [-0.3, -0.25) is 4.68 Å². The quantitative estimate of drug-likeness (QED) is 0.842. The molecular formula is C15H18N2O3. The van der Waals surface area contributed by atoms with Gasteiger partial charge in [-0.05, 0) is 12.5 Å². The van der Waals surface area contributed by atoms with Crippen LogP contribution in [0.5, 0.6) is 0 Å². The van der Waals surface area contributed by atoms with E-state index in [9.17, 15) is 4.79 Å². The minimum absolute atomic E-state index is 0.394. The summed E-state index contributed by atoms with van der Waals surface area (Å²) in [6.45, 7) is 2.70. The lowest BCUT2D eigenvalue weighted by atomic mass is 10.1. The first-order chi connectivity index (χ1) is 9.70. The molecule has 0 saturated carbocycles. The van der Waals surface area contributed by atoms with Crippen molar-refractivity contribution >= 4 is 5.97 Å². The summed E-state index contributed by atoms with van der Waals surface area (Å²) in [5.41, 5.74) is 2.12. The molecule has 1 N–H and O–H groups in total. The van der Waals surface area contributed by atoms with E-state index in [0.29, 0.717) is 19.6 Å². The van der Waals surface area contributed by atoms with Gasteiger partial charge < -0.3 is 9.84 Å². The second kappa shape index (κ2) is 6.86. The van der Waals surface area contributed by atoms with Gasteiger partial charge in [0.1, 0.15) is 0 Å². The highest BCUT2D eigenvalue weighted by molar-refractivity contribution is 5.72. The molecule has 5 heteroatoms. The Bertz CT molecular complexity index is 551. The molecule has 0 spiro atoms. The first-order valence-corrected chi connectivity index (χ1v) is 6.63. The Morgan fingerprint density at radius 2 is 2.10 bits per heavy atom. The Kier molecular flexibility index (Phi) is 4.90. The minimum Gasteiger partial charge on any atom is -0.479 e. The molecule has 1 atom stereocenters. The van der Waals surface area contributed by atoms with Crippen LogP contribution in [0.4, 0.5) is 0 Å². The van der Waals surface area contributed by atoms with Crippen molar-refractivity contribution in [2.24, 2.45) is 0 Å². The number of carboxylic acids is 1. The van der Waals surface area contributed by atoms with Crippen molar-refractivity contribution in [1.29, 1.82) is 0 Å². The number of aromatic nitrogens is 2. The number of aryl methyl sites for hydroxylation is 1. The highest BCUT2D eigenvalue weighted by Crippen LogP contribution is 2.17. The standard InChI is InChI=1S/C15H18N2O3/c1-2-20-14(15(18)19)8-9-17-11-13(10-16-17)12-6-4-3-5-7-12/h3-7,10-11,14H,2,8-9H2,1H3,(H,18,19). The zero-order valence-corrected chi connectivity index (χ0v) is 11.4. The maximum absolute atomic E-state index is 11.0. The molecule has 5 nitrogen and oxygen atoms in total. The Labute approximate surface area is 117 Å². The van der Waals surface area contributed by atoms with Gasteiger partial charge in [-0.2, -0.15) is 5.10 Å². The number of nitrogens with zero attached hydrogens (tertiary/aromatic N) is 2.